The molecule has 0 bridgehead atoms. The van der Waals surface area contributed by atoms with Gasteiger partial charge in [0.15, 0.2) is 5.43 Å². The van der Waals surface area contributed by atoms with Crippen molar-refractivity contribution in [3.05, 3.63) is 70.1 Å². The Morgan fingerprint density at radius 1 is 1.05 bits per heavy atom. The first-order valence-corrected chi connectivity index (χ1v) is 6.95. The van der Waals surface area contributed by atoms with E-state index in [2.05, 4.69) is 5.32 Å². The van der Waals surface area contributed by atoms with E-state index in [0.29, 0.717) is 22.2 Å². The molecule has 4 heteroatoms. The number of nitrogens with one attached hydrogen (secondary N) is 1. The second-order valence-corrected chi connectivity index (χ2v) is 4.97. The van der Waals surface area contributed by atoms with E-state index in [0.717, 1.165) is 11.3 Å². The van der Waals surface area contributed by atoms with E-state index in [4.69, 9.17) is 12.3 Å². The smallest absolute Gasteiger partial charge is 0.193 e. The van der Waals surface area contributed by atoms with E-state index in [9.17, 15) is 4.79 Å². The van der Waals surface area contributed by atoms with Gasteiger partial charge in [-0.2, -0.15) is 0 Å². The summed E-state index contributed by atoms with van der Waals surface area (Å²) in [5.74, 6) is 0.514. The van der Waals surface area contributed by atoms with Crippen LogP contribution in [-0.4, -0.2) is 14.9 Å². The summed E-state index contributed by atoms with van der Waals surface area (Å²) in [6.45, 7) is 0. The van der Waals surface area contributed by atoms with E-state index < -0.39 is 0 Å². The standard InChI is InChI=1S/C18H14BNO2/c1-20-14-6-2-12(3-7-14)4-8-15-11-17(21)16-10-13(19)5-9-18(16)22-15/h2-11,20H,1H3/b8-4+. The van der Waals surface area contributed by atoms with E-state index in [1.54, 1.807) is 24.3 Å². The molecule has 0 aliphatic heterocycles. The number of hydrogen-bond donors (Lipinski definition) is 1. The maximum Gasteiger partial charge on any atom is 0.193 e. The Morgan fingerprint density at radius 2 is 1.82 bits per heavy atom. The summed E-state index contributed by atoms with van der Waals surface area (Å²) in [6.07, 6.45) is 3.69. The van der Waals surface area contributed by atoms with Gasteiger partial charge in [0, 0.05) is 18.8 Å². The van der Waals surface area contributed by atoms with E-state index in [1.165, 1.54) is 6.07 Å². The number of hydrogen-bond acceptors (Lipinski definition) is 3. The van der Waals surface area contributed by atoms with Gasteiger partial charge in [0.1, 0.15) is 19.2 Å². The lowest BCUT2D eigenvalue weighted by Gasteiger charge is -2.01. The molecule has 0 amide bonds. The van der Waals surface area contributed by atoms with Crippen molar-refractivity contribution in [2.45, 2.75) is 0 Å². The fourth-order valence-corrected chi connectivity index (χ4v) is 2.21. The van der Waals surface area contributed by atoms with Crippen LogP contribution in [0.2, 0.25) is 0 Å². The Kier molecular flexibility index (Phi) is 3.83. The minimum Gasteiger partial charge on any atom is -0.456 e. The largest absolute Gasteiger partial charge is 0.456 e. The molecule has 0 spiro atoms. The average Bonchev–Trinajstić information content (AvgIpc) is 2.54. The molecule has 3 aromatic rings. The van der Waals surface area contributed by atoms with Gasteiger partial charge in [0.25, 0.3) is 0 Å². The van der Waals surface area contributed by atoms with Crippen molar-refractivity contribution in [1.82, 2.24) is 0 Å². The van der Waals surface area contributed by atoms with Gasteiger partial charge in [-0.3, -0.25) is 4.79 Å². The molecular weight excluding hydrogens is 273 g/mol. The van der Waals surface area contributed by atoms with Crippen molar-refractivity contribution in [2.24, 2.45) is 0 Å². The van der Waals surface area contributed by atoms with Crippen molar-refractivity contribution in [1.29, 1.82) is 0 Å². The van der Waals surface area contributed by atoms with Crippen molar-refractivity contribution in [3.63, 3.8) is 0 Å². The molecule has 22 heavy (non-hydrogen) atoms. The minimum absolute atomic E-state index is 0.0984. The highest BCUT2D eigenvalue weighted by molar-refractivity contribution is 6.33. The molecule has 1 aromatic heterocycles. The van der Waals surface area contributed by atoms with Gasteiger partial charge in [-0.15, -0.1) is 0 Å². The normalized spacial score (nSPS) is 11.1. The van der Waals surface area contributed by atoms with Crippen LogP contribution in [0.15, 0.2) is 57.7 Å². The Bertz CT molecular complexity index is 895. The van der Waals surface area contributed by atoms with Crippen LogP contribution in [0.4, 0.5) is 5.69 Å². The summed E-state index contributed by atoms with van der Waals surface area (Å²) in [6, 6.07) is 14.5. The van der Waals surface area contributed by atoms with Crippen LogP contribution in [0, 0.1) is 0 Å². The van der Waals surface area contributed by atoms with Crippen LogP contribution in [0.1, 0.15) is 11.3 Å². The van der Waals surface area contributed by atoms with E-state index >= 15 is 0 Å². The van der Waals surface area contributed by atoms with Crippen molar-refractivity contribution in [3.8, 4) is 0 Å². The second-order valence-electron chi connectivity index (χ2n) is 4.97. The van der Waals surface area contributed by atoms with Crippen molar-refractivity contribution < 1.29 is 4.42 Å². The van der Waals surface area contributed by atoms with Crippen LogP contribution in [0.25, 0.3) is 23.1 Å². The lowest BCUT2D eigenvalue weighted by Crippen LogP contribution is -2.07. The van der Waals surface area contributed by atoms with Crippen LogP contribution >= 0.6 is 0 Å². The summed E-state index contributed by atoms with van der Waals surface area (Å²) in [4.78, 5) is 12.1. The second kappa shape index (κ2) is 5.94. The first kappa shape index (κ1) is 14.2. The van der Waals surface area contributed by atoms with Gasteiger partial charge in [-0.25, -0.2) is 0 Å². The summed E-state index contributed by atoms with van der Waals surface area (Å²) in [5, 5.41) is 3.56. The molecule has 0 atom stereocenters. The van der Waals surface area contributed by atoms with Gasteiger partial charge in [-0.05, 0) is 29.8 Å². The molecule has 0 aliphatic rings. The summed E-state index contributed by atoms with van der Waals surface area (Å²) >= 11 is 0. The first-order chi connectivity index (χ1) is 10.7. The maximum atomic E-state index is 12.1. The number of fused-ring (bicyclic) bond motifs is 1. The zero-order valence-corrected chi connectivity index (χ0v) is 12.2. The van der Waals surface area contributed by atoms with Crippen LogP contribution < -0.4 is 16.2 Å². The molecule has 0 unspecified atom stereocenters. The molecule has 3 rings (SSSR count). The zero-order chi connectivity index (χ0) is 15.5. The summed E-state index contributed by atoms with van der Waals surface area (Å²) in [5.41, 5.74) is 3.06. The third-order valence-corrected chi connectivity index (χ3v) is 3.41. The van der Waals surface area contributed by atoms with Crippen LogP contribution in [0.3, 0.4) is 0 Å². The first-order valence-electron chi connectivity index (χ1n) is 6.95. The average molecular weight is 287 g/mol. The molecule has 1 N–H and O–H groups in total. The molecule has 1 heterocycles. The fraction of sp³-hybridized carbons (Fsp3) is 0.0556. The number of benzene rings is 2. The predicted octanol–water partition coefficient (Wildman–Crippen LogP) is 2.80. The van der Waals surface area contributed by atoms with Crippen LogP contribution in [0.5, 0.6) is 0 Å². The zero-order valence-electron chi connectivity index (χ0n) is 12.2. The van der Waals surface area contributed by atoms with Gasteiger partial charge in [0.2, 0.25) is 0 Å². The highest BCUT2D eigenvalue weighted by Crippen LogP contribution is 2.14. The Labute approximate surface area is 129 Å². The van der Waals surface area contributed by atoms with Crippen LogP contribution in [-0.2, 0) is 0 Å². The molecule has 2 radical (unpaired) electrons. The molecule has 0 saturated heterocycles. The van der Waals surface area contributed by atoms with Crippen molar-refractivity contribution in [2.75, 3.05) is 12.4 Å². The molecule has 0 saturated carbocycles. The molecule has 0 fully saturated rings. The van der Waals surface area contributed by atoms with E-state index in [-0.39, 0.29) is 5.43 Å². The predicted molar refractivity (Wildman–Crippen MR) is 92.8 cm³/mol. The number of rotatable bonds is 3. The molecule has 3 nitrogen and oxygen atoms in total. The maximum absolute atomic E-state index is 12.1. The minimum atomic E-state index is -0.0984. The third-order valence-electron chi connectivity index (χ3n) is 3.41. The van der Waals surface area contributed by atoms with Gasteiger partial charge >= 0.3 is 0 Å². The monoisotopic (exact) mass is 287 g/mol. The number of anilines is 1. The van der Waals surface area contributed by atoms with Gasteiger partial charge in [-0.1, -0.05) is 35.8 Å². The summed E-state index contributed by atoms with van der Waals surface area (Å²) in [7, 11) is 7.57. The Hall–Kier alpha value is -2.75. The van der Waals surface area contributed by atoms with Gasteiger partial charge < -0.3 is 9.73 Å². The topological polar surface area (TPSA) is 42.2 Å². The Balaban J connectivity index is 1.94. The molecular formula is C18H14BNO2. The lowest BCUT2D eigenvalue weighted by molar-refractivity contribution is 0.591. The van der Waals surface area contributed by atoms with E-state index in [1.807, 2.05) is 37.4 Å². The van der Waals surface area contributed by atoms with Crippen molar-refractivity contribution >= 4 is 42.1 Å². The van der Waals surface area contributed by atoms with Gasteiger partial charge in [0.05, 0.1) is 5.39 Å². The fourth-order valence-electron chi connectivity index (χ4n) is 2.21. The Morgan fingerprint density at radius 3 is 2.55 bits per heavy atom. The molecule has 2 aromatic carbocycles. The SMILES string of the molecule is [B]c1ccc2oc(/C=C/c3ccc(NC)cc3)cc(=O)c2c1. The highest BCUT2D eigenvalue weighted by Gasteiger charge is 2.02. The summed E-state index contributed by atoms with van der Waals surface area (Å²) < 4.78 is 5.71. The molecule has 0 aliphatic carbocycles. The third kappa shape index (κ3) is 2.96. The highest BCUT2D eigenvalue weighted by atomic mass is 16.3. The quantitative estimate of drug-likeness (QED) is 0.753. The molecule has 106 valence electrons. The lowest BCUT2D eigenvalue weighted by atomic mass is 9.95.